The summed E-state index contributed by atoms with van der Waals surface area (Å²) in [5.74, 6) is 0.279. The van der Waals surface area contributed by atoms with Gasteiger partial charge in [0, 0.05) is 31.2 Å². The van der Waals surface area contributed by atoms with E-state index < -0.39 is 10.2 Å². The summed E-state index contributed by atoms with van der Waals surface area (Å²) >= 11 is 0. The fourth-order valence-corrected chi connectivity index (χ4v) is 4.95. The number of nitrogens with zero attached hydrogens (tertiary/aromatic N) is 1. The molecule has 3 atom stereocenters. The molecule has 2 rings (SSSR count). The summed E-state index contributed by atoms with van der Waals surface area (Å²) in [7, 11) is -3.42. The van der Waals surface area contributed by atoms with Gasteiger partial charge in [-0.25, -0.2) is 0 Å². The SMILES string of the molecule is CCOC1CC(NS(=O)(=O)N2CCCC(CN)C2)C1(C)C. The van der Waals surface area contributed by atoms with Crippen LogP contribution in [0.4, 0.5) is 0 Å². The molecule has 0 amide bonds. The van der Waals surface area contributed by atoms with E-state index in [-0.39, 0.29) is 23.5 Å². The second kappa shape index (κ2) is 6.50. The van der Waals surface area contributed by atoms with Gasteiger partial charge in [-0.3, -0.25) is 0 Å². The molecule has 2 aliphatic rings. The second-order valence-corrected chi connectivity index (χ2v) is 8.48. The van der Waals surface area contributed by atoms with Crippen molar-refractivity contribution in [2.45, 2.75) is 52.2 Å². The molecule has 2 fully saturated rings. The van der Waals surface area contributed by atoms with Crippen LogP contribution in [0.25, 0.3) is 0 Å². The van der Waals surface area contributed by atoms with Crippen LogP contribution in [0.1, 0.15) is 40.0 Å². The second-order valence-electron chi connectivity index (χ2n) is 6.78. The van der Waals surface area contributed by atoms with E-state index >= 15 is 0 Å². The first-order valence-electron chi connectivity index (χ1n) is 7.90. The maximum atomic E-state index is 12.5. The summed E-state index contributed by atoms with van der Waals surface area (Å²) in [5.41, 5.74) is 5.52. The number of ether oxygens (including phenoxy) is 1. The van der Waals surface area contributed by atoms with E-state index in [2.05, 4.69) is 18.6 Å². The number of hydrogen-bond donors (Lipinski definition) is 2. The molecular weight excluding hydrogens is 290 g/mol. The van der Waals surface area contributed by atoms with Gasteiger partial charge in [0.1, 0.15) is 0 Å². The van der Waals surface area contributed by atoms with Gasteiger partial charge in [0.2, 0.25) is 0 Å². The van der Waals surface area contributed by atoms with Crippen molar-refractivity contribution in [3.05, 3.63) is 0 Å². The van der Waals surface area contributed by atoms with Crippen molar-refractivity contribution < 1.29 is 13.2 Å². The fraction of sp³-hybridized carbons (Fsp3) is 1.00. The van der Waals surface area contributed by atoms with E-state index in [0.717, 1.165) is 19.3 Å². The molecule has 6 nitrogen and oxygen atoms in total. The third kappa shape index (κ3) is 3.59. The minimum absolute atomic E-state index is 0.0581. The highest BCUT2D eigenvalue weighted by Crippen LogP contribution is 2.43. The zero-order chi connectivity index (χ0) is 15.7. The van der Waals surface area contributed by atoms with Gasteiger partial charge in [0.05, 0.1) is 6.10 Å². The van der Waals surface area contributed by atoms with E-state index in [1.807, 2.05) is 6.92 Å². The molecule has 124 valence electrons. The summed E-state index contributed by atoms with van der Waals surface area (Å²) in [6, 6.07) is -0.0581. The zero-order valence-electron chi connectivity index (χ0n) is 13.3. The van der Waals surface area contributed by atoms with Gasteiger partial charge in [0.15, 0.2) is 0 Å². The lowest BCUT2D eigenvalue weighted by Gasteiger charge is -2.51. The van der Waals surface area contributed by atoms with Gasteiger partial charge in [-0.15, -0.1) is 0 Å². The Morgan fingerprint density at radius 2 is 2.14 bits per heavy atom. The Hall–Kier alpha value is -0.210. The standard InChI is InChI=1S/C14H29N3O3S/c1-4-20-13-8-12(14(13,2)3)16-21(18,19)17-7-5-6-11(9-15)10-17/h11-13,16H,4-10,15H2,1-3H3. The maximum absolute atomic E-state index is 12.5. The number of hydrogen-bond acceptors (Lipinski definition) is 4. The van der Waals surface area contributed by atoms with Crippen LogP contribution >= 0.6 is 0 Å². The van der Waals surface area contributed by atoms with E-state index in [0.29, 0.717) is 26.2 Å². The highest BCUT2D eigenvalue weighted by molar-refractivity contribution is 7.87. The predicted molar refractivity (Wildman–Crippen MR) is 83.0 cm³/mol. The lowest BCUT2D eigenvalue weighted by molar-refractivity contribution is -0.108. The quantitative estimate of drug-likeness (QED) is 0.754. The van der Waals surface area contributed by atoms with Gasteiger partial charge in [-0.05, 0) is 38.6 Å². The molecule has 1 heterocycles. The Kier molecular flexibility index (Phi) is 5.31. The van der Waals surface area contributed by atoms with Crippen molar-refractivity contribution in [1.29, 1.82) is 0 Å². The number of piperidine rings is 1. The van der Waals surface area contributed by atoms with Crippen LogP contribution in [0.5, 0.6) is 0 Å². The molecular formula is C14H29N3O3S. The van der Waals surface area contributed by atoms with Crippen molar-refractivity contribution in [3.63, 3.8) is 0 Å². The van der Waals surface area contributed by atoms with E-state index in [1.54, 1.807) is 4.31 Å². The third-order valence-corrected chi connectivity index (χ3v) is 6.59. The first kappa shape index (κ1) is 17.1. The van der Waals surface area contributed by atoms with Crippen LogP contribution in [-0.2, 0) is 14.9 Å². The largest absolute Gasteiger partial charge is 0.378 e. The molecule has 3 N–H and O–H groups in total. The summed E-state index contributed by atoms with van der Waals surface area (Å²) in [4.78, 5) is 0. The highest BCUT2D eigenvalue weighted by atomic mass is 32.2. The first-order valence-corrected chi connectivity index (χ1v) is 9.34. The van der Waals surface area contributed by atoms with Crippen molar-refractivity contribution in [3.8, 4) is 0 Å². The molecule has 0 bridgehead atoms. The number of rotatable bonds is 6. The average Bonchev–Trinajstić information content (AvgIpc) is 2.46. The van der Waals surface area contributed by atoms with Crippen molar-refractivity contribution in [2.24, 2.45) is 17.1 Å². The molecule has 0 spiro atoms. The summed E-state index contributed by atoms with van der Waals surface area (Å²) in [6.07, 6.45) is 2.78. The van der Waals surface area contributed by atoms with Gasteiger partial charge < -0.3 is 10.5 Å². The van der Waals surface area contributed by atoms with E-state index in [9.17, 15) is 8.42 Å². The molecule has 1 aliphatic heterocycles. The van der Waals surface area contributed by atoms with Crippen LogP contribution < -0.4 is 10.5 Å². The third-order valence-electron chi connectivity index (χ3n) is 4.99. The van der Waals surface area contributed by atoms with Gasteiger partial charge >= 0.3 is 0 Å². The molecule has 21 heavy (non-hydrogen) atoms. The van der Waals surface area contributed by atoms with Crippen LogP contribution in [0, 0.1) is 11.3 Å². The Balaban J connectivity index is 1.96. The Morgan fingerprint density at radius 3 is 2.71 bits per heavy atom. The van der Waals surface area contributed by atoms with E-state index in [1.165, 1.54) is 0 Å². The molecule has 0 radical (unpaired) electrons. The molecule has 1 saturated heterocycles. The van der Waals surface area contributed by atoms with Gasteiger partial charge in [-0.1, -0.05) is 13.8 Å². The predicted octanol–water partition coefficient (Wildman–Crippen LogP) is 0.695. The van der Waals surface area contributed by atoms with Crippen LogP contribution in [0.3, 0.4) is 0 Å². The lowest BCUT2D eigenvalue weighted by Crippen LogP contribution is -2.64. The van der Waals surface area contributed by atoms with Crippen LogP contribution in [0.2, 0.25) is 0 Å². The fourth-order valence-electron chi connectivity index (χ4n) is 3.26. The molecule has 3 unspecified atom stereocenters. The monoisotopic (exact) mass is 319 g/mol. The van der Waals surface area contributed by atoms with Gasteiger partial charge in [-0.2, -0.15) is 17.4 Å². The normalized spacial score (nSPS) is 33.6. The smallest absolute Gasteiger partial charge is 0.279 e. The van der Waals surface area contributed by atoms with Crippen LogP contribution in [0.15, 0.2) is 0 Å². The molecule has 0 aromatic heterocycles. The average molecular weight is 319 g/mol. The van der Waals surface area contributed by atoms with Gasteiger partial charge in [0.25, 0.3) is 10.2 Å². The molecule has 1 saturated carbocycles. The molecule has 0 aromatic rings. The molecule has 0 aromatic carbocycles. The Labute approximate surface area is 128 Å². The summed E-state index contributed by atoms with van der Waals surface area (Å²) in [6.45, 7) is 8.42. The number of nitrogens with one attached hydrogen (secondary N) is 1. The molecule has 7 heteroatoms. The highest BCUT2D eigenvalue weighted by Gasteiger charge is 2.51. The van der Waals surface area contributed by atoms with Crippen LogP contribution in [-0.4, -0.2) is 51.1 Å². The first-order chi connectivity index (χ1) is 9.81. The zero-order valence-corrected chi connectivity index (χ0v) is 14.2. The molecule has 1 aliphatic carbocycles. The lowest BCUT2D eigenvalue weighted by atomic mass is 9.65. The summed E-state index contributed by atoms with van der Waals surface area (Å²) in [5, 5.41) is 0. The summed E-state index contributed by atoms with van der Waals surface area (Å²) < 4.78 is 35.1. The Morgan fingerprint density at radius 1 is 1.43 bits per heavy atom. The van der Waals surface area contributed by atoms with Crippen molar-refractivity contribution >= 4 is 10.2 Å². The Bertz CT molecular complexity index is 452. The minimum Gasteiger partial charge on any atom is -0.378 e. The topological polar surface area (TPSA) is 84.7 Å². The number of nitrogens with two attached hydrogens (primary N) is 1. The minimum atomic E-state index is -3.42. The maximum Gasteiger partial charge on any atom is 0.279 e. The van der Waals surface area contributed by atoms with E-state index in [4.69, 9.17) is 10.5 Å². The van der Waals surface area contributed by atoms with Crippen molar-refractivity contribution in [2.75, 3.05) is 26.2 Å². The van der Waals surface area contributed by atoms with Crippen molar-refractivity contribution in [1.82, 2.24) is 9.03 Å².